The van der Waals surface area contributed by atoms with Crippen LogP contribution in [0.4, 0.5) is 5.95 Å². The molecule has 2 aromatic heterocycles. The van der Waals surface area contributed by atoms with Crippen molar-refractivity contribution in [3.05, 3.63) is 46.9 Å². The van der Waals surface area contributed by atoms with Crippen LogP contribution in [0.15, 0.2) is 41.3 Å². The smallest absolute Gasteiger partial charge is 0.263 e. The van der Waals surface area contributed by atoms with Crippen LogP contribution in [0, 0.1) is 5.92 Å². The maximum absolute atomic E-state index is 12.3. The van der Waals surface area contributed by atoms with Gasteiger partial charge in [-0.1, -0.05) is 18.2 Å². The van der Waals surface area contributed by atoms with Gasteiger partial charge in [0.2, 0.25) is 16.0 Å². The first kappa shape index (κ1) is 17.7. The van der Waals surface area contributed by atoms with Gasteiger partial charge in [-0.3, -0.25) is 9.78 Å². The van der Waals surface area contributed by atoms with E-state index in [2.05, 4.69) is 20.4 Å². The zero-order chi connectivity index (χ0) is 19.0. The lowest BCUT2D eigenvalue weighted by Crippen LogP contribution is -2.52. The number of aromatic amines is 1. The number of anilines is 1. The summed E-state index contributed by atoms with van der Waals surface area (Å²) in [6.45, 7) is 3.14. The minimum absolute atomic E-state index is 0.113. The summed E-state index contributed by atoms with van der Waals surface area (Å²) in [5.74, 6) is 0.649. The number of hydrogen-bond acceptors (Lipinski definition) is 6. The molecule has 27 heavy (non-hydrogen) atoms. The fraction of sp³-hybridized carbons (Fsp3) is 0.353. The van der Waals surface area contributed by atoms with Gasteiger partial charge in [0.15, 0.2) is 5.65 Å². The Kier molecular flexibility index (Phi) is 4.44. The van der Waals surface area contributed by atoms with E-state index in [1.165, 1.54) is 10.5 Å². The highest BCUT2D eigenvalue weighted by molar-refractivity contribution is 7.89. The topological polar surface area (TPSA) is 113 Å². The van der Waals surface area contributed by atoms with Gasteiger partial charge in [-0.15, -0.1) is 0 Å². The van der Waals surface area contributed by atoms with E-state index in [1.807, 2.05) is 30.3 Å². The molecule has 1 aliphatic heterocycles. The summed E-state index contributed by atoms with van der Waals surface area (Å²) in [5, 5.41) is 7.79. The molecule has 1 aliphatic rings. The quantitative estimate of drug-likeness (QED) is 0.646. The molecule has 9 nitrogen and oxygen atoms in total. The van der Waals surface area contributed by atoms with Crippen LogP contribution < -0.4 is 10.9 Å². The van der Waals surface area contributed by atoms with Gasteiger partial charge < -0.3 is 5.32 Å². The molecule has 1 aromatic carbocycles. The predicted octanol–water partition coefficient (Wildman–Crippen LogP) is 0.802. The first-order valence-corrected chi connectivity index (χ1v) is 10.3. The Morgan fingerprint density at radius 1 is 1.26 bits per heavy atom. The number of nitrogens with one attached hydrogen (secondary N) is 2. The van der Waals surface area contributed by atoms with E-state index in [-0.39, 0.29) is 17.2 Å². The summed E-state index contributed by atoms with van der Waals surface area (Å²) in [7, 11) is -3.12. The second-order valence-corrected chi connectivity index (χ2v) is 8.77. The molecule has 1 saturated heterocycles. The van der Waals surface area contributed by atoms with E-state index >= 15 is 0 Å². The van der Waals surface area contributed by atoms with E-state index in [4.69, 9.17) is 0 Å². The van der Waals surface area contributed by atoms with Crippen molar-refractivity contribution in [2.75, 3.05) is 30.7 Å². The van der Waals surface area contributed by atoms with Crippen LogP contribution in [-0.4, -0.2) is 57.9 Å². The number of fused-ring (bicyclic) bond motifs is 1. The molecule has 3 aromatic rings. The molecular weight excluding hydrogens is 368 g/mol. The second-order valence-electron chi connectivity index (χ2n) is 6.51. The monoisotopic (exact) mass is 388 g/mol. The molecule has 142 valence electrons. The van der Waals surface area contributed by atoms with Gasteiger partial charge in [-0.2, -0.15) is 10.1 Å². The van der Waals surface area contributed by atoms with Crippen molar-refractivity contribution in [1.29, 1.82) is 0 Å². The largest absolute Gasteiger partial charge is 0.355 e. The summed E-state index contributed by atoms with van der Waals surface area (Å²) >= 11 is 0. The van der Waals surface area contributed by atoms with Gasteiger partial charge in [0, 0.05) is 25.6 Å². The Morgan fingerprint density at radius 2 is 2.00 bits per heavy atom. The van der Waals surface area contributed by atoms with Crippen molar-refractivity contribution < 1.29 is 8.42 Å². The van der Waals surface area contributed by atoms with E-state index in [9.17, 15) is 13.2 Å². The third kappa shape index (κ3) is 3.33. The molecule has 0 spiro atoms. The summed E-state index contributed by atoms with van der Waals surface area (Å²) in [6.07, 6.45) is 1.50. The molecule has 0 radical (unpaired) electrons. The third-order valence-electron chi connectivity index (χ3n) is 4.68. The number of hydrogen-bond donors (Lipinski definition) is 2. The van der Waals surface area contributed by atoms with Crippen LogP contribution >= 0.6 is 0 Å². The fourth-order valence-electron chi connectivity index (χ4n) is 3.06. The first-order chi connectivity index (χ1) is 13.0. The van der Waals surface area contributed by atoms with Gasteiger partial charge in [0.25, 0.3) is 5.56 Å². The van der Waals surface area contributed by atoms with Crippen molar-refractivity contribution in [3.63, 3.8) is 0 Å². The minimum Gasteiger partial charge on any atom is -0.355 e. The molecule has 0 atom stereocenters. The molecule has 0 aliphatic carbocycles. The lowest BCUT2D eigenvalue weighted by Gasteiger charge is -2.37. The van der Waals surface area contributed by atoms with E-state index in [0.717, 1.165) is 5.69 Å². The maximum atomic E-state index is 12.3. The van der Waals surface area contributed by atoms with Gasteiger partial charge >= 0.3 is 0 Å². The first-order valence-electron chi connectivity index (χ1n) is 8.73. The number of sulfonamides is 1. The second kappa shape index (κ2) is 6.78. The normalized spacial score (nSPS) is 15.7. The Balaban J connectivity index is 1.51. The summed E-state index contributed by atoms with van der Waals surface area (Å²) < 4.78 is 26.6. The number of para-hydroxylation sites is 1. The summed E-state index contributed by atoms with van der Waals surface area (Å²) in [6, 6.07) is 9.46. The molecule has 0 bridgehead atoms. The van der Waals surface area contributed by atoms with E-state index < -0.39 is 10.0 Å². The van der Waals surface area contributed by atoms with Crippen molar-refractivity contribution in [2.24, 2.45) is 5.92 Å². The number of benzene rings is 1. The van der Waals surface area contributed by atoms with Crippen LogP contribution in [0.1, 0.15) is 6.92 Å². The van der Waals surface area contributed by atoms with Crippen LogP contribution in [0.25, 0.3) is 16.7 Å². The van der Waals surface area contributed by atoms with Crippen molar-refractivity contribution in [2.45, 2.75) is 6.92 Å². The average molecular weight is 388 g/mol. The summed E-state index contributed by atoms with van der Waals surface area (Å²) in [4.78, 5) is 19.5. The summed E-state index contributed by atoms with van der Waals surface area (Å²) in [5.41, 5.74) is 1.01. The highest BCUT2D eigenvalue weighted by Gasteiger charge is 2.34. The highest BCUT2D eigenvalue weighted by Crippen LogP contribution is 2.20. The number of rotatable bonds is 6. The highest BCUT2D eigenvalue weighted by atomic mass is 32.2. The molecule has 0 unspecified atom stereocenters. The van der Waals surface area contributed by atoms with Crippen molar-refractivity contribution in [1.82, 2.24) is 24.1 Å². The Morgan fingerprint density at radius 3 is 2.70 bits per heavy atom. The Labute approximate surface area is 156 Å². The zero-order valence-corrected chi connectivity index (χ0v) is 15.6. The lowest BCUT2D eigenvalue weighted by molar-refractivity contribution is 0.211. The molecule has 2 N–H and O–H groups in total. The van der Waals surface area contributed by atoms with Gasteiger partial charge in [0.05, 0.1) is 17.6 Å². The Hall–Kier alpha value is -2.72. The number of H-pyrrole nitrogens is 1. The predicted molar refractivity (Wildman–Crippen MR) is 102 cm³/mol. The number of nitrogens with zero attached hydrogens (tertiary/aromatic N) is 4. The fourth-order valence-corrected chi connectivity index (χ4v) is 4.30. The molecule has 10 heteroatoms. The van der Waals surface area contributed by atoms with Crippen LogP contribution in [0.3, 0.4) is 0 Å². The minimum atomic E-state index is -3.12. The van der Waals surface area contributed by atoms with Crippen LogP contribution in [-0.2, 0) is 10.0 Å². The third-order valence-corrected chi connectivity index (χ3v) is 6.49. The lowest BCUT2D eigenvalue weighted by atomic mass is 10.0. The van der Waals surface area contributed by atoms with E-state index in [1.54, 1.807) is 11.6 Å². The van der Waals surface area contributed by atoms with Crippen LogP contribution in [0.2, 0.25) is 0 Å². The zero-order valence-electron chi connectivity index (χ0n) is 14.8. The molecule has 0 saturated carbocycles. The van der Waals surface area contributed by atoms with Crippen molar-refractivity contribution >= 4 is 27.0 Å². The van der Waals surface area contributed by atoms with Crippen molar-refractivity contribution in [3.8, 4) is 5.69 Å². The molecule has 4 rings (SSSR count). The van der Waals surface area contributed by atoms with Gasteiger partial charge in [-0.05, 0) is 19.1 Å². The van der Waals surface area contributed by atoms with Crippen LogP contribution in [0.5, 0.6) is 0 Å². The standard InChI is InChI=1S/C17H20N6O3S/c1-2-27(25,26)22-10-12(11-22)8-18-17-20-15-14(16(24)21-17)9-19-23(15)13-6-4-3-5-7-13/h3-7,9,12H,2,8,10-11H2,1H3,(H2,18,20,21,24). The molecule has 3 heterocycles. The average Bonchev–Trinajstić information content (AvgIpc) is 3.05. The Bertz CT molecular complexity index is 1120. The molecule has 0 amide bonds. The maximum Gasteiger partial charge on any atom is 0.263 e. The number of aromatic nitrogens is 4. The molecular formula is C17H20N6O3S. The van der Waals surface area contributed by atoms with Gasteiger partial charge in [0.1, 0.15) is 5.39 Å². The van der Waals surface area contributed by atoms with E-state index in [0.29, 0.717) is 36.6 Å². The SMILES string of the molecule is CCS(=O)(=O)N1CC(CNc2nc3c(cnn3-c3ccccc3)c(=O)[nH]2)C1. The van der Waals surface area contributed by atoms with Gasteiger partial charge in [-0.25, -0.2) is 17.4 Å². The molecule has 1 fully saturated rings.